The lowest BCUT2D eigenvalue weighted by Crippen LogP contribution is -2.45. The molecule has 0 unspecified atom stereocenters. The van der Waals surface area contributed by atoms with Crippen LogP contribution in [0.2, 0.25) is 0 Å². The first-order valence-electron chi connectivity index (χ1n) is 5.12. The van der Waals surface area contributed by atoms with Crippen LogP contribution in [-0.4, -0.2) is 22.9 Å². The summed E-state index contributed by atoms with van der Waals surface area (Å²) >= 11 is 0. The highest BCUT2D eigenvalue weighted by Gasteiger charge is 2.20. The van der Waals surface area contributed by atoms with Crippen molar-refractivity contribution in [1.29, 1.82) is 0 Å². The number of hydrogen-bond acceptors (Lipinski definition) is 4. The van der Waals surface area contributed by atoms with Gasteiger partial charge in [-0.05, 0) is 19.9 Å². The largest absolute Gasteiger partial charge is 0.350 e. The van der Waals surface area contributed by atoms with Crippen molar-refractivity contribution in [1.82, 2.24) is 5.32 Å². The predicted octanol–water partition coefficient (Wildman–Crippen LogP) is 1.06. The summed E-state index contributed by atoms with van der Waals surface area (Å²) in [7, 11) is 0. The van der Waals surface area contributed by atoms with Crippen LogP contribution in [0.4, 0.5) is 5.69 Å². The van der Waals surface area contributed by atoms with Crippen molar-refractivity contribution in [2.45, 2.75) is 19.4 Å². The van der Waals surface area contributed by atoms with Gasteiger partial charge in [0.2, 0.25) is 0 Å². The second kappa shape index (κ2) is 4.92. The molecular weight excluding hydrogens is 222 g/mol. The van der Waals surface area contributed by atoms with Crippen molar-refractivity contribution in [3.05, 3.63) is 39.9 Å². The zero-order valence-corrected chi connectivity index (χ0v) is 9.77. The second-order valence-electron chi connectivity index (χ2n) is 4.45. The average molecular weight is 237 g/mol. The molecule has 17 heavy (non-hydrogen) atoms. The summed E-state index contributed by atoms with van der Waals surface area (Å²) in [5.41, 5.74) is 4.99. The molecule has 0 atom stereocenters. The van der Waals surface area contributed by atoms with Crippen LogP contribution in [0, 0.1) is 10.1 Å². The molecule has 0 aliphatic carbocycles. The van der Waals surface area contributed by atoms with E-state index in [1.54, 1.807) is 19.9 Å². The predicted molar refractivity (Wildman–Crippen MR) is 63.7 cm³/mol. The molecule has 3 N–H and O–H groups in total. The molecule has 0 saturated heterocycles. The van der Waals surface area contributed by atoms with Crippen molar-refractivity contribution in [2.24, 2.45) is 5.73 Å². The van der Waals surface area contributed by atoms with Gasteiger partial charge >= 0.3 is 0 Å². The van der Waals surface area contributed by atoms with E-state index in [2.05, 4.69) is 5.32 Å². The molecule has 1 aromatic carbocycles. The number of nitrogens with zero attached hydrogens (tertiary/aromatic N) is 1. The molecule has 6 nitrogen and oxygen atoms in total. The third-order valence-electron chi connectivity index (χ3n) is 2.05. The van der Waals surface area contributed by atoms with E-state index in [1.807, 2.05) is 0 Å². The Kier molecular flexibility index (Phi) is 3.80. The van der Waals surface area contributed by atoms with E-state index in [0.717, 1.165) is 0 Å². The SMILES string of the molecule is CC(C)(N)CNC(=O)c1ccccc1[N+](=O)[O-]. The van der Waals surface area contributed by atoms with Crippen LogP contribution < -0.4 is 11.1 Å². The third kappa shape index (κ3) is 3.84. The Morgan fingerprint density at radius 1 is 1.47 bits per heavy atom. The molecular formula is C11H15N3O3. The van der Waals surface area contributed by atoms with Gasteiger partial charge in [0.15, 0.2) is 0 Å². The van der Waals surface area contributed by atoms with Crippen LogP contribution in [0.1, 0.15) is 24.2 Å². The van der Waals surface area contributed by atoms with Crippen molar-refractivity contribution in [3.63, 3.8) is 0 Å². The maximum Gasteiger partial charge on any atom is 0.282 e. The fraction of sp³-hybridized carbons (Fsp3) is 0.364. The van der Waals surface area contributed by atoms with Crippen molar-refractivity contribution < 1.29 is 9.72 Å². The van der Waals surface area contributed by atoms with Crippen LogP contribution in [0.15, 0.2) is 24.3 Å². The Morgan fingerprint density at radius 2 is 2.06 bits per heavy atom. The molecule has 0 aliphatic heterocycles. The zero-order valence-electron chi connectivity index (χ0n) is 9.77. The molecule has 6 heteroatoms. The van der Waals surface area contributed by atoms with E-state index in [4.69, 9.17) is 5.73 Å². The number of nitrogens with one attached hydrogen (secondary N) is 1. The average Bonchev–Trinajstić information content (AvgIpc) is 2.25. The van der Waals surface area contributed by atoms with E-state index >= 15 is 0 Å². The summed E-state index contributed by atoms with van der Waals surface area (Å²) in [4.78, 5) is 21.9. The fourth-order valence-electron chi connectivity index (χ4n) is 1.23. The summed E-state index contributed by atoms with van der Waals surface area (Å²) in [5.74, 6) is -0.490. The number of carbonyl (C=O) groups is 1. The summed E-state index contributed by atoms with van der Waals surface area (Å²) < 4.78 is 0. The number of benzene rings is 1. The van der Waals surface area contributed by atoms with Crippen LogP contribution in [0.5, 0.6) is 0 Å². The van der Waals surface area contributed by atoms with Gasteiger partial charge < -0.3 is 11.1 Å². The third-order valence-corrected chi connectivity index (χ3v) is 2.05. The Balaban J connectivity index is 2.86. The van der Waals surface area contributed by atoms with Gasteiger partial charge in [-0.25, -0.2) is 0 Å². The number of para-hydroxylation sites is 1. The molecule has 0 radical (unpaired) electrons. The van der Waals surface area contributed by atoms with Crippen molar-refractivity contribution >= 4 is 11.6 Å². The zero-order chi connectivity index (χ0) is 13.1. The number of nitro benzene ring substituents is 1. The Labute approximate surface area is 99.0 Å². The second-order valence-corrected chi connectivity index (χ2v) is 4.45. The molecule has 1 amide bonds. The minimum atomic E-state index is -0.581. The molecule has 0 heterocycles. The van der Waals surface area contributed by atoms with E-state index < -0.39 is 16.4 Å². The van der Waals surface area contributed by atoms with Crippen molar-refractivity contribution in [3.8, 4) is 0 Å². The fourth-order valence-corrected chi connectivity index (χ4v) is 1.23. The Morgan fingerprint density at radius 3 is 2.59 bits per heavy atom. The highest BCUT2D eigenvalue weighted by molar-refractivity contribution is 5.98. The van der Waals surface area contributed by atoms with E-state index in [9.17, 15) is 14.9 Å². The van der Waals surface area contributed by atoms with Gasteiger partial charge in [-0.15, -0.1) is 0 Å². The molecule has 0 aliphatic rings. The molecule has 1 rings (SSSR count). The topological polar surface area (TPSA) is 98.3 Å². The Hall–Kier alpha value is -1.95. The molecule has 0 aromatic heterocycles. The van der Waals surface area contributed by atoms with Gasteiger partial charge in [-0.1, -0.05) is 12.1 Å². The molecule has 0 bridgehead atoms. The quantitative estimate of drug-likeness (QED) is 0.604. The maximum atomic E-state index is 11.7. The van der Waals surface area contributed by atoms with Crippen LogP contribution >= 0.6 is 0 Å². The first-order chi connectivity index (χ1) is 7.81. The number of nitrogens with two attached hydrogens (primary N) is 1. The summed E-state index contributed by atoms with van der Waals surface area (Å²) in [6, 6.07) is 5.80. The molecule has 0 saturated carbocycles. The number of rotatable bonds is 4. The molecule has 92 valence electrons. The van der Waals surface area contributed by atoms with Crippen LogP contribution in [0.3, 0.4) is 0 Å². The van der Waals surface area contributed by atoms with Crippen LogP contribution in [0.25, 0.3) is 0 Å². The van der Waals surface area contributed by atoms with Crippen molar-refractivity contribution in [2.75, 3.05) is 6.54 Å². The highest BCUT2D eigenvalue weighted by atomic mass is 16.6. The summed E-state index contributed by atoms with van der Waals surface area (Å²) in [5, 5.41) is 13.3. The molecule has 0 spiro atoms. The lowest BCUT2D eigenvalue weighted by Gasteiger charge is -2.18. The van der Waals surface area contributed by atoms with Gasteiger partial charge in [0.25, 0.3) is 11.6 Å². The summed E-state index contributed by atoms with van der Waals surface area (Å²) in [6.45, 7) is 3.76. The van der Waals surface area contributed by atoms with E-state index in [1.165, 1.54) is 18.2 Å². The first-order valence-corrected chi connectivity index (χ1v) is 5.12. The van der Waals surface area contributed by atoms with Gasteiger partial charge in [-0.2, -0.15) is 0 Å². The number of nitro groups is 1. The number of hydrogen-bond donors (Lipinski definition) is 2. The first kappa shape index (κ1) is 13.1. The van der Waals surface area contributed by atoms with E-state index in [-0.39, 0.29) is 17.8 Å². The van der Waals surface area contributed by atoms with Crippen LogP contribution in [-0.2, 0) is 0 Å². The normalized spacial score (nSPS) is 11.0. The minimum Gasteiger partial charge on any atom is -0.350 e. The maximum absolute atomic E-state index is 11.7. The van der Waals surface area contributed by atoms with Gasteiger partial charge in [0.05, 0.1) is 4.92 Å². The monoisotopic (exact) mass is 237 g/mol. The van der Waals surface area contributed by atoms with E-state index in [0.29, 0.717) is 0 Å². The highest BCUT2D eigenvalue weighted by Crippen LogP contribution is 2.17. The molecule has 0 fully saturated rings. The molecule has 1 aromatic rings. The minimum absolute atomic E-state index is 0.0433. The number of carbonyl (C=O) groups excluding carboxylic acids is 1. The van der Waals surface area contributed by atoms with Gasteiger partial charge in [0, 0.05) is 18.2 Å². The van der Waals surface area contributed by atoms with Gasteiger partial charge in [0.1, 0.15) is 5.56 Å². The lowest BCUT2D eigenvalue weighted by atomic mass is 10.1. The van der Waals surface area contributed by atoms with Gasteiger partial charge in [-0.3, -0.25) is 14.9 Å². The lowest BCUT2D eigenvalue weighted by molar-refractivity contribution is -0.385. The Bertz CT molecular complexity index is 438. The smallest absolute Gasteiger partial charge is 0.282 e. The standard InChI is InChI=1S/C11H15N3O3/c1-11(2,12)7-13-10(15)8-5-3-4-6-9(8)14(16)17/h3-6H,7,12H2,1-2H3,(H,13,15). The number of amides is 1. The summed E-state index contributed by atoms with van der Waals surface area (Å²) in [6.07, 6.45) is 0.